The zero-order valence-corrected chi connectivity index (χ0v) is 9.23. The first kappa shape index (κ1) is 10.2. The Balaban J connectivity index is 2.80. The Hall–Kier alpha value is 0.159. The van der Waals surface area contributed by atoms with E-state index < -0.39 is 0 Å². The topological polar surface area (TPSA) is 0 Å². The van der Waals surface area contributed by atoms with E-state index in [1.165, 1.54) is 10.6 Å². The molecule has 0 atom stereocenters. The van der Waals surface area contributed by atoms with E-state index in [0.717, 1.165) is 39.1 Å². The van der Waals surface area contributed by atoms with Gasteiger partial charge in [0.1, 0.15) is 0 Å². The fraction of sp³-hybridized carbons (Fsp3) is 0.500. The minimum absolute atomic E-state index is 0.802. The third-order valence-corrected chi connectivity index (χ3v) is 8.10. The molecule has 0 heterocycles. The molecule has 0 nitrogen and oxygen atoms in total. The molecule has 10 heavy (non-hydrogen) atoms. The first-order valence-electron chi connectivity index (χ1n) is 3.03. The van der Waals surface area contributed by atoms with Crippen molar-refractivity contribution in [2.45, 2.75) is 23.5 Å². The van der Waals surface area contributed by atoms with Crippen molar-refractivity contribution in [3.8, 4) is 24.7 Å². The molecule has 0 aromatic rings. The van der Waals surface area contributed by atoms with Crippen molar-refractivity contribution in [3.63, 3.8) is 0 Å². The van der Waals surface area contributed by atoms with E-state index in [4.69, 9.17) is 12.8 Å². The van der Waals surface area contributed by atoms with E-state index in [9.17, 15) is 0 Å². The summed E-state index contributed by atoms with van der Waals surface area (Å²) in [6, 6.07) is 0. The van der Waals surface area contributed by atoms with Crippen LogP contribution in [0.1, 0.15) is 12.8 Å². The summed E-state index contributed by atoms with van der Waals surface area (Å²) in [4.78, 5) is 0. The van der Waals surface area contributed by atoms with E-state index in [-0.39, 0.29) is 0 Å². The number of hydrogen-bond donors (Lipinski definition) is 0. The SMILES string of the molecule is C#CCC[Se][Se]CCC#C. The van der Waals surface area contributed by atoms with E-state index in [0.29, 0.717) is 0 Å². The second kappa shape index (κ2) is 9.16. The zero-order valence-electron chi connectivity index (χ0n) is 5.80. The number of hydrogen-bond acceptors (Lipinski definition) is 0. The van der Waals surface area contributed by atoms with Crippen LogP contribution in [0, 0.1) is 24.7 Å². The predicted molar refractivity (Wildman–Crippen MR) is 48.0 cm³/mol. The Labute approximate surface area is 74.4 Å². The van der Waals surface area contributed by atoms with Crippen molar-refractivity contribution in [2.24, 2.45) is 0 Å². The Kier molecular flexibility index (Phi) is 9.30. The van der Waals surface area contributed by atoms with Gasteiger partial charge in [-0.2, -0.15) is 0 Å². The Morgan fingerprint density at radius 2 is 1.30 bits per heavy atom. The molecular formula is C8H10Se2. The van der Waals surface area contributed by atoms with E-state index in [2.05, 4.69) is 11.8 Å². The normalized spacial score (nSPS) is 8.20. The standard InChI is InChI=1S/C8H10Se2/c1-3-5-7-9-10-8-6-4-2/h1-2H,5-8H2. The molecule has 0 aromatic carbocycles. The summed E-state index contributed by atoms with van der Waals surface area (Å²) < 4.78 is 0. The maximum atomic E-state index is 5.10. The van der Waals surface area contributed by atoms with Crippen LogP contribution in [-0.2, 0) is 0 Å². The molecule has 0 radical (unpaired) electrons. The van der Waals surface area contributed by atoms with Gasteiger partial charge in [-0.25, -0.2) is 0 Å². The first-order chi connectivity index (χ1) is 4.91. The van der Waals surface area contributed by atoms with Gasteiger partial charge in [0.25, 0.3) is 0 Å². The Morgan fingerprint density at radius 3 is 1.60 bits per heavy atom. The summed E-state index contributed by atoms with van der Waals surface area (Å²) in [6.45, 7) is 0. The summed E-state index contributed by atoms with van der Waals surface area (Å²) in [6.07, 6.45) is 12.1. The van der Waals surface area contributed by atoms with Gasteiger partial charge in [0, 0.05) is 0 Å². The third-order valence-electron chi connectivity index (χ3n) is 0.743. The Bertz CT molecular complexity index is 120. The van der Waals surface area contributed by atoms with Crippen LogP contribution >= 0.6 is 0 Å². The fourth-order valence-electron chi connectivity index (χ4n) is 0.319. The molecular weight excluding hydrogens is 254 g/mol. The van der Waals surface area contributed by atoms with Gasteiger partial charge in [0.05, 0.1) is 0 Å². The zero-order chi connectivity index (χ0) is 7.66. The molecule has 0 N–H and O–H groups in total. The van der Waals surface area contributed by atoms with Gasteiger partial charge in [-0.15, -0.1) is 0 Å². The summed E-state index contributed by atoms with van der Waals surface area (Å²) >= 11 is 1.60. The average Bonchev–Trinajstić information content (AvgIpc) is 1.97. The molecule has 0 rings (SSSR count). The molecule has 0 saturated carbocycles. The van der Waals surface area contributed by atoms with Crippen LogP contribution in [0.4, 0.5) is 0 Å². The second-order valence-electron chi connectivity index (χ2n) is 1.55. The molecule has 0 aliphatic rings. The molecule has 0 amide bonds. The van der Waals surface area contributed by atoms with Crippen molar-refractivity contribution in [1.82, 2.24) is 0 Å². The summed E-state index contributed by atoms with van der Waals surface area (Å²) in [5.74, 6) is 5.29. The van der Waals surface area contributed by atoms with Gasteiger partial charge in [0.15, 0.2) is 0 Å². The van der Waals surface area contributed by atoms with Crippen molar-refractivity contribution < 1.29 is 0 Å². The van der Waals surface area contributed by atoms with Crippen LogP contribution in [0.5, 0.6) is 0 Å². The maximum absolute atomic E-state index is 5.10. The van der Waals surface area contributed by atoms with Crippen LogP contribution in [0.3, 0.4) is 0 Å². The van der Waals surface area contributed by atoms with Gasteiger partial charge in [0.2, 0.25) is 0 Å². The molecule has 0 unspecified atom stereocenters. The van der Waals surface area contributed by atoms with Crippen molar-refractivity contribution in [2.75, 3.05) is 0 Å². The van der Waals surface area contributed by atoms with Crippen LogP contribution in [0.2, 0.25) is 10.6 Å². The summed E-state index contributed by atoms with van der Waals surface area (Å²) in [5, 5.41) is 2.49. The van der Waals surface area contributed by atoms with Crippen LogP contribution < -0.4 is 0 Å². The number of rotatable bonds is 5. The van der Waals surface area contributed by atoms with Crippen molar-refractivity contribution in [1.29, 1.82) is 0 Å². The van der Waals surface area contributed by atoms with Gasteiger partial charge >= 0.3 is 74.4 Å². The molecule has 0 spiro atoms. The van der Waals surface area contributed by atoms with Crippen LogP contribution in [-0.4, -0.2) is 26.3 Å². The molecule has 0 aliphatic carbocycles. The molecule has 0 saturated heterocycles. The van der Waals surface area contributed by atoms with Crippen molar-refractivity contribution in [3.05, 3.63) is 0 Å². The van der Waals surface area contributed by atoms with E-state index in [1.54, 1.807) is 0 Å². The third kappa shape index (κ3) is 8.16. The molecule has 0 aliphatic heterocycles. The van der Waals surface area contributed by atoms with Gasteiger partial charge in [-0.05, 0) is 0 Å². The molecule has 2 heteroatoms. The molecule has 54 valence electrons. The monoisotopic (exact) mass is 266 g/mol. The summed E-state index contributed by atoms with van der Waals surface area (Å²) in [7, 11) is 0. The first-order valence-corrected chi connectivity index (χ1v) is 9.78. The van der Waals surface area contributed by atoms with E-state index >= 15 is 0 Å². The summed E-state index contributed by atoms with van der Waals surface area (Å²) in [5.41, 5.74) is 0. The second-order valence-corrected chi connectivity index (χ2v) is 9.39. The van der Waals surface area contributed by atoms with Crippen LogP contribution in [0.25, 0.3) is 0 Å². The predicted octanol–water partition coefficient (Wildman–Crippen LogP) is 1.19. The van der Waals surface area contributed by atoms with E-state index in [1.807, 2.05) is 0 Å². The quantitative estimate of drug-likeness (QED) is 0.397. The molecule has 0 bridgehead atoms. The van der Waals surface area contributed by atoms with Crippen LogP contribution in [0.15, 0.2) is 0 Å². The van der Waals surface area contributed by atoms with Gasteiger partial charge < -0.3 is 0 Å². The minimum atomic E-state index is 0.802. The van der Waals surface area contributed by atoms with Gasteiger partial charge in [-0.1, -0.05) is 0 Å². The molecule has 0 aromatic heterocycles. The number of terminal acetylenes is 2. The fourth-order valence-corrected chi connectivity index (χ4v) is 6.04. The van der Waals surface area contributed by atoms with Crippen molar-refractivity contribution >= 4 is 26.3 Å². The van der Waals surface area contributed by atoms with Gasteiger partial charge in [-0.3, -0.25) is 0 Å². The molecule has 0 fully saturated rings. The Morgan fingerprint density at radius 1 is 0.900 bits per heavy atom. The average molecular weight is 264 g/mol.